The summed E-state index contributed by atoms with van der Waals surface area (Å²) in [6.07, 6.45) is 0. The maximum absolute atomic E-state index is 11.1. The molecule has 0 spiro atoms. The SMILES string of the molecule is Cc1cc(SC(C(=O)O)C(C)C)ccc1C#N. The molecule has 0 aliphatic carbocycles. The third kappa shape index (κ3) is 3.50. The average Bonchev–Trinajstić information content (AvgIpc) is 2.25. The van der Waals surface area contributed by atoms with Crippen molar-refractivity contribution in [3.63, 3.8) is 0 Å². The highest BCUT2D eigenvalue weighted by molar-refractivity contribution is 8.00. The standard InChI is InChI=1S/C13H15NO2S/c1-8(2)12(13(15)16)17-11-5-4-10(7-14)9(3)6-11/h4-6,8,12H,1-3H3,(H,15,16). The third-order valence-electron chi connectivity index (χ3n) is 2.43. The van der Waals surface area contributed by atoms with Gasteiger partial charge in [0.2, 0.25) is 0 Å². The predicted molar refractivity (Wildman–Crippen MR) is 68.0 cm³/mol. The van der Waals surface area contributed by atoms with E-state index in [2.05, 4.69) is 6.07 Å². The fraction of sp³-hybridized carbons (Fsp3) is 0.385. The Balaban J connectivity index is 2.92. The number of carboxylic acid groups (broad SMARTS) is 1. The van der Waals surface area contributed by atoms with Crippen molar-refractivity contribution in [1.29, 1.82) is 5.26 Å². The van der Waals surface area contributed by atoms with Crippen LogP contribution in [0.1, 0.15) is 25.0 Å². The van der Waals surface area contributed by atoms with E-state index in [0.29, 0.717) is 5.56 Å². The maximum atomic E-state index is 11.1. The summed E-state index contributed by atoms with van der Waals surface area (Å²) in [7, 11) is 0. The predicted octanol–water partition coefficient (Wildman–Crippen LogP) is 3.07. The van der Waals surface area contributed by atoms with E-state index in [-0.39, 0.29) is 5.92 Å². The quantitative estimate of drug-likeness (QED) is 0.833. The number of thioether (sulfide) groups is 1. The first-order valence-corrected chi connectivity index (χ1v) is 6.24. The van der Waals surface area contributed by atoms with Crippen LogP contribution in [-0.2, 0) is 4.79 Å². The molecule has 1 atom stereocenters. The van der Waals surface area contributed by atoms with Gasteiger partial charge in [-0.15, -0.1) is 11.8 Å². The second-order valence-electron chi connectivity index (χ2n) is 4.21. The largest absolute Gasteiger partial charge is 0.480 e. The summed E-state index contributed by atoms with van der Waals surface area (Å²) in [6.45, 7) is 5.64. The van der Waals surface area contributed by atoms with Gasteiger partial charge < -0.3 is 5.11 Å². The molecule has 0 radical (unpaired) electrons. The number of aryl methyl sites for hydroxylation is 1. The Hall–Kier alpha value is -1.47. The van der Waals surface area contributed by atoms with Gasteiger partial charge in [0.25, 0.3) is 0 Å². The van der Waals surface area contributed by atoms with Crippen LogP contribution in [0, 0.1) is 24.2 Å². The second-order valence-corrected chi connectivity index (χ2v) is 5.42. The van der Waals surface area contributed by atoms with Crippen LogP contribution in [0.15, 0.2) is 23.1 Å². The van der Waals surface area contributed by atoms with Crippen molar-refractivity contribution in [2.45, 2.75) is 30.9 Å². The molecule has 1 N–H and O–H groups in total. The normalized spacial score (nSPS) is 12.2. The molecular weight excluding hydrogens is 234 g/mol. The Morgan fingerprint density at radius 2 is 2.12 bits per heavy atom. The van der Waals surface area contributed by atoms with Crippen LogP contribution in [0.5, 0.6) is 0 Å². The fourth-order valence-electron chi connectivity index (χ4n) is 1.45. The van der Waals surface area contributed by atoms with E-state index in [0.717, 1.165) is 10.5 Å². The summed E-state index contributed by atoms with van der Waals surface area (Å²) >= 11 is 1.33. The number of hydrogen-bond donors (Lipinski definition) is 1. The van der Waals surface area contributed by atoms with Gasteiger partial charge in [0.05, 0.1) is 11.6 Å². The molecule has 90 valence electrons. The van der Waals surface area contributed by atoms with Crippen LogP contribution in [0.25, 0.3) is 0 Å². The number of nitriles is 1. The highest BCUT2D eigenvalue weighted by Crippen LogP contribution is 2.29. The van der Waals surface area contributed by atoms with Crippen molar-refractivity contribution < 1.29 is 9.90 Å². The summed E-state index contributed by atoms with van der Waals surface area (Å²) in [5, 5.41) is 17.5. The van der Waals surface area contributed by atoms with Crippen molar-refractivity contribution in [3.05, 3.63) is 29.3 Å². The lowest BCUT2D eigenvalue weighted by Gasteiger charge is -2.15. The molecule has 3 nitrogen and oxygen atoms in total. The van der Waals surface area contributed by atoms with Gasteiger partial charge in [-0.3, -0.25) is 4.79 Å². The molecule has 0 aliphatic heterocycles. The first kappa shape index (κ1) is 13.6. The van der Waals surface area contributed by atoms with Crippen LogP contribution in [0.2, 0.25) is 0 Å². The second kappa shape index (κ2) is 5.74. The topological polar surface area (TPSA) is 61.1 Å². The summed E-state index contributed by atoms with van der Waals surface area (Å²) in [5.41, 5.74) is 1.51. The Morgan fingerprint density at radius 3 is 2.53 bits per heavy atom. The van der Waals surface area contributed by atoms with Gasteiger partial charge in [0.1, 0.15) is 5.25 Å². The van der Waals surface area contributed by atoms with Crippen LogP contribution < -0.4 is 0 Å². The van der Waals surface area contributed by atoms with Gasteiger partial charge in [0, 0.05) is 4.90 Å². The highest BCUT2D eigenvalue weighted by Gasteiger charge is 2.22. The van der Waals surface area contributed by atoms with Gasteiger partial charge in [-0.25, -0.2) is 0 Å². The van der Waals surface area contributed by atoms with E-state index >= 15 is 0 Å². The van der Waals surface area contributed by atoms with E-state index in [4.69, 9.17) is 10.4 Å². The van der Waals surface area contributed by atoms with E-state index in [1.54, 1.807) is 12.1 Å². The molecule has 0 amide bonds. The van der Waals surface area contributed by atoms with Crippen molar-refractivity contribution in [1.82, 2.24) is 0 Å². The number of nitrogens with zero attached hydrogens (tertiary/aromatic N) is 1. The Kier molecular flexibility index (Phi) is 4.59. The first-order chi connectivity index (χ1) is 7.95. The lowest BCUT2D eigenvalue weighted by molar-refractivity contribution is -0.137. The number of hydrogen-bond acceptors (Lipinski definition) is 3. The van der Waals surface area contributed by atoms with Crippen LogP contribution in [-0.4, -0.2) is 16.3 Å². The molecular formula is C13H15NO2S. The smallest absolute Gasteiger partial charge is 0.317 e. The lowest BCUT2D eigenvalue weighted by Crippen LogP contribution is -2.22. The van der Waals surface area contributed by atoms with E-state index in [1.165, 1.54) is 11.8 Å². The molecule has 0 aromatic heterocycles. The zero-order valence-corrected chi connectivity index (χ0v) is 10.9. The number of benzene rings is 1. The van der Waals surface area contributed by atoms with Gasteiger partial charge in [-0.1, -0.05) is 13.8 Å². The van der Waals surface area contributed by atoms with Gasteiger partial charge in [0.15, 0.2) is 0 Å². The molecule has 1 aromatic carbocycles. The molecule has 17 heavy (non-hydrogen) atoms. The van der Waals surface area contributed by atoms with Gasteiger partial charge >= 0.3 is 5.97 Å². The molecule has 1 unspecified atom stereocenters. The molecule has 0 fully saturated rings. The zero-order valence-electron chi connectivity index (χ0n) is 10.1. The van der Waals surface area contributed by atoms with E-state index < -0.39 is 11.2 Å². The minimum atomic E-state index is -0.799. The molecule has 1 aromatic rings. The highest BCUT2D eigenvalue weighted by atomic mass is 32.2. The zero-order chi connectivity index (χ0) is 13.0. The molecule has 0 saturated carbocycles. The van der Waals surface area contributed by atoms with Crippen molar-refractivity contribution >= 4 is 17.7 Å². The van der Waals surface area contributed by atoms with Crippen molar-refractivity contribution in [2.75, 3.05) is 0 Å². The van der Waals surface area contributed by atoms with E-state index in [9.17, 15) is 4.79 Å². The minimum Gasteiger partial charge on any atom is -0.480 e. The van der Waals surface area contributed by atoms with Crippen LogP contribution in [0.3, 0.4) is 0 Å². The maximum Gasteiger partial charge on any atom is 0.317 e. The minimum absolute atomic E-state index is 0.0634. The molecule has 0 saturated heterocycles. The Morgan fingerprint density at radius 1 is 1.47 bits per heavy atom. The van der Waals surface area contributed by atoms with Crippen molar-refractivity contribution in [2.24, 2.45) is 5.92 Å². The molecule has 0 bridgehead atoms. The van der Waals surface area contributed by atoms with Gasteiger partial charge in [-0.2, -0.15) is 5.26 Å². The molecule has 0 aliphatic rings. The first-order valence-electron chi connectivity index (χ1n) is 5.36. The van der Waals surface area contributed by atoms with Crippen LogP contribution >= 0.6 is 11.8 Å². The molecule has 0 heterocycles. The fourth-order valence-corrected chi connectivity index (χ4v) is 2.51. The Labute approximate surface area is 105 Å². The number of carbonyl (C=O) groups is 1. The summed E-state index contributed by atoms with van der Waals surface area (Å²) < 4.78 is 0. The third-order valence-corrected chi connectivity index (χ3v) is 3.96. The number of rotatable bonds is 4. The average molecular weight is 249 g/mol. The Bertz CT molecular complexity index is 463. The number of carboxylic acids is 1. The van der Waals surface area contributed by atoms with Crippen LogP contribution in [0.4, 0.5) is 0 Å². The number of aliphatic carboxylic acids is 1. The van der Waals surface area contributed by atoms with Gasteiger partial charge in [-0.05, 0) is 36.6 Å². The summed E-state index contributed by atoms with van der Waals surface area (Å²) in [6, 6.07) is 7.49. The van der Waals surface area contributed by atoms with Crippen molar-refractivity contribution in [3.8, 4) is 6.07 Å². The monoisotopic (exact) mass is 249 g/mol. The molecule has 4 heteroatoms. The lowest BCUT2D eigenvalue weighted by atomic mass is 10.1. The summed E-state index contributed by atoms with van der Waals surface area (Å²) in [5.74, 6) is -0.736. The van der Waals surface area contributed by atoms with E-state index in [1.807, 2.05) is 26.8 Å². The molecule has 1 rings (SSSR count). The summed E-state index contributed by atoms with van der Waals surface area (Å²) in [4.78, 5) is 12.0.